The molecule has 1 aromatic rings. The third-order valence-corrected chi connectivity index (χ3v) is 5.60. The van der Waals surface area contributed by atoms with Gasteiger partial charge in [0.2, 0.25) is 11.8 Å². The topological polar surface area (TPSA) is 61.9 Å². The van der Waals surface area contributed by atoms with Crippen molar-refractivity contribution in [1.29, 1.82) is 0 Å². The number of piperazine rings is 1. The number of rotatable bonds is 6. The summed E-state index contributed by atoms with van der Waals surface area (Å²) in [6.07, 6.45) is 3.31. The Morgan fingerprint density at radius 2 is 2.11 bits per heavy atom. The molecule has 2 amide bonds. The Morgan fingerprint density at radius 3 is 2.86 bits per heavy atom. The molecule has 0 aromatic heterocycles. The van der Waals surface area contributed by atoms with E-state index in [1.807, 2.05) is 28.0 Å². The van der Waals surface area contributed by atoms with E-state index in [9.17, 15) is 9.59 Å². The lowest BCUT2D eigenvalue weighted by molar-refractivity contribution is -0.140. The van der Waals surface area contributed by atoms with Crippen LogP contribution in [0.15, 0.2) is 24.3 Å². The van der Waals surface area contributed by atoms with Crippen LogP contribution >= 0.6 is 12.4 Å². The van der Waals surface area contributed by atoms with Crippen LogP contribution in [0.5, 0.6) is 5.75 Å². The highest BCUT2D eigenvalue weighted by atomic mass is 35.5. The molecule has 2 heterocycles. The largest absolute Gasteiger partial charge is 0.496 e. The molecule has 1 aromatic carbocycles. The number of nitrogens with zero attached hydrogens (tertiary/aromatic N) is 2. The van der Waals surface area contributed by atoms with Crippen molar-refractivity contribution in [1.82, 2.24) is 15.1 Å². The molecule has 0 aliphatic carbocycles. The second-order valence-electron chi connectivity index (χ2n) is 7.72. The van der Waals surface area contributed by atoms with Crippen LogP contribution in [0.1, 0.15) is 31.7 Å². The second-order valence-corrected chi connectivity index (χ2v) is 7.72. The minimum atomic E-state index is 0. The Bertz CT molecular complexity index is 670. The van der Waals surface area contributed by atoms with Gasteiger partial charge >= 0.3 is 0 Å². The van der Waals surface area contributed by atoms with Gasteiger partial charge in [-0.3, -0.25) is 9.59 Å². The summed E-state index contributed by atoms with van der Waals surface area (Å²) in [5.74, 6) is 1.48. The fourth-order valence-corrected chi connectivity index (χ4v) is 4.19. The van der Waals surface area contributed by atoms with Gasteiger partial charge in [-0.05, 0) is 36.8 Å². The molecule has 2 aliphatic heterocycles. The van der Waals surface area contributed by atoms with E-state index in [2.05, 4.69) is 18.3 Å². The fourth-order valence-electron chi connectivity index (χ4n) is 4.19. The molecular weight excluding hydrogens is 378 g/mol. The number of hydrogen-bond donors (Lipinski definition) is 1. The Balaban J connectivity index is 0.00000280. The first-order valence-electron chi connectivity index (χ1n) is 9.98. The number of methoxy groups -OCH3 is 1. The average molecular weight is 410 g/mol. The van der Waals surface area contributed by atoms with Crippen LogP contribution in [0.4, 0.5) is 0 Å². The molecule has 0 saturated carbocycles. The lowest BCUT2D eigenvalue weighted by Gasteiger charge is -2.41. The third kappa shape index (κ3) is 5.61. The maximum atomic E-state index is 12.8. The van der Waals surface area contributed by atoms with E-state index in [1.54, 1.807) is 7.11 Å². The van der Waals surface area contributed by atoms with Crippen LogP contribution < -0.4 is 10.1 Å². The number of likely N-dealkylation sites (tertiary alicyclic amines) is 1. The number of nitrogens with one attached hydrogen (secondary N) is 1. The molecule has 2 fully saturated rings. The fraction of sp³-hybridized carbons (Fsp3) is 0.619. The van der Waals surface area contributed by atoms with Gasteiger partial charge in [-0.25, -0.2) is 0 Å². The lowest BCUT2D eigenvalue weighted by Crippen LogP contribution is -2.57. The van der Waals surface area contributed by atoms with Gasteiger partial charge in [0.25, 0.3) is 0 Å². The summed E-state index contributed by atoms with van der Waals surface area (Å²) in [7, 11) is 1.68. The second kappa shape index (κ2) is 10.7. The maximum Gasteiger partial charge on any atom is 0.236 e. The molecule has 1 N–H and O–H groups in total. The van der Waals surface area contributed by atoms with Gasteiger partial charge in [-0.1, -0.05) is 25.1 Å². The van der Waals surface area contributed by atoms with Crippen LogP contribution in [0.25, 0.3) is 0 Å². The van der Waals surface area contributed by atoms with Gasteiger partial charge in [-0.2, -0.15) is 0 Å². The summed E-state index contributed by atoms with van der Waals surface area (Å²) in [5, 5.41) is 3.11. The highest BCUT2D eigenvalue weighted by Crippen LogP contribution is 2.24. The van der Waals surface area contributed by atoms with Gasteiger partial charge < -0.3 is 19.9 Å². The van der Waals surface area contributed by atoms with Crippen molar-refractivity contribution >= 4 is 24.2 Å². The Morgan fingerprint density at radius 1 is 1.32 bits per heavy atom. The first-order chi connectivity index (χ1) is 13.1. The van der Waals surface area contributed by atoms with E-state index < -0.39 is 0 Å². The van der Waals surface area contributed by atoms with Gasteiger partial charge in [0.15, 0.2) is 0 Å². The van der Waals surface area contributed by atoms with Crippen molar-refractivity contribution in [3.8, 4) is 5.75 Å². The van der Waals surface area contributed by atoms with E-state index in [0.29, 0.717) is 19.5 Å². The summed E-state index contributed by atoms with van der Waals surface area (Å²) in [5.41, 5.74) is 1.14. The maximum absolute atomic E-state index is 12.8. The van der Waals surface area contributed by atoms with Crippen molar-refractivity contribution in [2.45, 2.75) is 38.6 Å². The number of hydrogen-bond acceptors (Lipinski definition) is 4. The van der Waals surface area contributed by atoms with Crippen LogP contribution in [0.3, 0.4) is 0 Å². The number of piperidine rings is 1. The predicted octanol–water partition coefficient (Wildman–Crippen LogP) is 2.11. The van der Waals surface area contributed by atoms with Crippen LogP contribution in [0.2, 0.25) is 0 Å². The quantitative estimate of drug-likeness (QED) is 0.781. The highest BCUT2D eigenvalue weighted by molar-refractivity contribution is 5.85. The average Bonchev–Trinajstić information content (AvgIpc) is 2.68. The molecule has 6 nitrogen and oxygen atoms in total. The first-order valence-corrected chi connectivity index (χ1v) is 9.98. The van der Waals surface area contributed by atoms with Gasteiger partial charge in [0.1, 0.15) is 5.75 Å². The van der Waals surface area contributed by atoms with Gasteiger partial charge in [0, 0.05) is 38.6 Å². The SMILES string of the molecule is COc1ccccc1CC(C)CC(=O)N1CCCC(N2CCNCC2=O)C1.Cl. The summed E-state index contributed by atoms with van der Waals surface area (Å²) < 4.78 is 5.42. The van der Waals surface area contributed by atoms with Crippen LogP contribution in [-0.2, 0) is 16.0 Å². The Labute approximate surface area is 174 Å². The molecule has 7 heteroatoms. The highest BCUT2D eigenvalue weighted by Gasteiger charge is 2.31. The molecule has 156 valence electrons. The van der Waals surface area contributed by atoms with Crippen molar-refractivity contribution in [2.24, 2.45) is 5.92 Å². The number of ether oxygens (including phenoxy) is 1. The molecule has 2 unspecified atom stereocenters. The molecule has 2 saturated heterocycles. The summed E-state index contributed by atoms with van der Waals surface area (Å²) in [4.78, 5) is 28.9. The van der Waals surface area contributed by atoms with Gasteiger partial charge in [0.05, 0.1) is 13.7 Å². The smallest absolute Gasteiger partial charge is 0.236 e. The van der Waals surface area contributed by atoms with Crippen molar-refractivity contribution < 1.29 is 14.3 Å². The number of benzene rings is 1. The minimum Gasteiger partial charge on any atom is -0.496 e. The molecule has 0 bridgehead atoms. The van der Waals surface area contributed by atoms with E-state index in [1.165, 1.54) is 0 Å². The number of halogens is 1. The number of para-hydroxylation sites is 1. The summed E-state index contributed by atoms with van der Waals surface area (Å²) in [6.45, 7) is 5.59. The molecule has 3 rings (SSSR count). The van der Waals surface area contributed by atoms with Crippen molar-refractivity contribution in [2.75, 3.05) is 39.8 Å². The Kier molecular flexibility index (Phi) is 8.58. The van der Waals surface area contributed by atoms with Crippen molar-refractivity contribution in [3.05, 3.63) is 29.8 Å². The Hall–Kier alpha value is -1.79. The lowest BCUT2D eigenvalue weighted by atomic mass is 9.95. The van der Waals surface area contributed by atoms with Crippen LogP contribution in [0, 0.1) is 5.92 Å². The summed E-state index contributed by atoms with van der Waals surface area (Å²) >= 11 is 0. The molecular formula is C21H32ClN3O3. The normalized spacial score (nSPS) is 21.1. The third-order valence-electron chi connectivity index (χ3n) is 5.60. The molecule has 0 radical (unpaired) electrons. The zero-order chi connectivity index (χ0) is 19.2. The van der Waals surface area contributed by atoms with Crippen LogP contribution in [-0.4, -0.2) is 67.5 Å². The summed E-state index contributed by atoms with van der Waals surface area (Å²) in [6, 6.07) is 8.16. The molecule has 0 spiro atoms. The number of amides is 2. The monoisotopic (exact) mass is 409 g/mol. The van der Waals surface area contributed by atoms with E-state index in [0.717, 1.165) is 50.2 Å². The van der Waals surface area contributed by atoms with E-state index >= 15 is 0 Å². The van der Waals surface area contributed by atoms with E-state index in [4.69, 9.17) is 4.74 Å². The minimum absolute atomic E-state index is 0. The predicted molar refractivity (Wildman–Crippen MR) is 112 cm³/mol. The zero-order valence-electron chi connectivity index (χ0n) is 16.9. The zero-order valence-corrected chi connectivity index (χ0v) is 17.7. The first kappa shape index (κ1) is 22.5. The number of carbonyl (C=O) groups excluding carboxylic acids is 2. The van der Waals surface area contributed by atoms with Crippen molar-refractivity contribution in [3.63, 3.8) is 0 Å². The van der Waals surface area contributed by atoms with E-state index in [-0.39, 0.29) is 36.2 Å². The molecule has 28 heavy (non-hydrogen) atoms. The molecule has 2 aliphatic rings. The molecule has 2 atom stereocenters. The van der Waals surface area contributed by atoms with Gasteiger partial charge in [-0.15, -0.1) is 12.4 Å². The number of carbonyl (C=O) groups is 2. The standard InChI is InChI=1S/C21H31N3O3.ClH/c1-16(12-17-6-3-4-8-19(17)27-2)13-20(25)23-10-5-7-18(15-23)24-11-9-22-14-21(24)26;/h3-4,6,8,16,18,22H,5,7,9-15H2,1-2H3;1H.